The maximum absolute atomic E-state index is 14.1. The van der Waals surface area contributed by atoms with E-state index in [1.807, 2.05) is 12.3 Å². The Labute approximate surface area is 129 Å². The average molecular weight is 302 g/mol. The molecule has 1 unspecified atom stereocenters. The number of allylic oxidation sites excluding steroid dienone is 1. The smallest absolute Gasteiger partial charge is 0.151 e. The van der Waals surface area contributed by atoms with Gasteiger partial charge in [-0.2, -0.15) is 5.10 Å². The summed E-state index contributed by atoms with van der Waals surface area (Å²) in [5, 5.41) is 4.38. The van der Waals surface area contributed by atoms with E-state index in [-0.39, 0.29) is 0 Å². The number of aromatic nitrogens is 2. The summed E-state index contributed by atoms with van der Waals surface area (Å²) in [6.07, 6.45) is 7.82. The van der Waals surface area contributed by atoms with Crippen LogP contribution in [0.25, 0.3) is 5.69 Å². The van der Waals surface area contributed by atoms with Crippen molar-refractivity contribution in [2.75, 3.05) is 0 Å². The van der Waals surface area contributed by atoms with Crippen molar-refractivity contribution in [3.63, 3.8) is 0 Å². The third-order valence-corrected chi connectivity index (χ3v) is 4.13. The van der Waals surface area contributed by atoms with E-state index in [0.717, 1.165) is 37.4 Å². The van der Waals surface area contributed by atoms with E-state index in [1.54, 1.807) is 4.68 Å². The van der Waals surface area contributed by atoms with E-state index >= 15 is 0 Å². The molecule has 0 aliphatic heterocycles. The van der Waals surface area contributed by atoms with Crippen LogP contribution in [0.1, 0.15) is 43.4 Å². The second-order valence-electron chi connectivity index (χ2n) is 6.17. The van der Waals surface area contributed by atoms with Gasteiger partial charge in [-0.3, -0.25) is 0 Å². The van der Waals surface area contributed by atoms with Crippen molar-refractivity contribution in [1.29, 1.82) is 0 Å². The number of benzene rings is 1. The predicted molar refractivity (Wildman–Crippen MR) is 83.1 cm³/mol. The lowest BCUT2D eigenvalue weighted by molar-refractivity contribution is 0.569. The molecule has 0 spiro atoms. The molecule has 1 fully saturated rings. The van der Waals surface area contributed by atoms with Crippen LogP contribution >= 0.6 is 0 Å². The minimum Gasteiger partial charge on any atom is -0.234 e. The van der Waals surface area contributed by atoms with Crippen LogP contribution in [0.3, 0.4) is 0 Å². The zero-order valence-corrected chi connectivity index (χ0v) is 12.7. The highest BCUT2D eigenvalue weighted by Gasteiger charge is 2.31. The molecule has 0 radical (unpaired) electrons. The van der Waals surface area contributed by atoms with Crippen LogP contribution in [-0.2, 0) is 6.42 Å². The molecule has 0 saturated heterocycles. The summed E-state index contributed by atoms with van der Waals surface area (Å²) < 4.78 is 28.9. The van der Waals surface area contributed by atoms with Crippen molar-refractivity contribution in [1.82, 2.24) is 9.78 Å². The van der Waals surface area contributed by atoms with E-state index < -0.39 is 11.6 Å². The van der Waals surface area contributed by atoms with Crippen molar-refractivity contribution < 1.29 is 8.78 Å². The molecule has 116 valence electrons. The topological polar surface area (TPSA) is 17.8 Å². The Kier molecular flexibility index (Phi) is 4.10. The summed E-state index contributed by atoms with van der Waals surface area (Å²) in [4.78, 5) is 0. The summed E-state index contributed by atoms with van der Waals surface area (Å²) >= 11 is 0. The molecule has 22 heavy (non-hydrogen) atoms. The molecule has 0 bridgehead atoms. The predicted octanol–water partition coefficient (Wildman–Crippen LogP) is 4.78. The highest BCUT2D eigenvalue weighted by Crippen LogP contribution is 2.43. The number of nitrogens with zero attached hydrogens (tertiary/aromatic N) is 2. The van der Waals surface area contributed by atoms with Gasteiger partial charge >= 0.3 is 0 Å². The second kappa shape index (κ2) is 6.03. The molecule has 2 aromatic rings. The maximum atomic E-state index is 14.1. The summed E-state index contributed by atoms with van der Waals surface area (Å²) in [6, 6.07) is 3.64. The Hall–Kier alpha value is -1.97. The normalized spacial score (nSPS) is 15.8. The van der Waals surface area contributed by atoms with Crippen LogP contribution < -0.4 is 0 Å². The summed E-state index contributed by atoms with van der Waals surface area (Å²) in [5.41, 5.74) is 2.58. The zero-order valence-electron chi connectivity index (χ0n) is 12.7. The fraction of sp³-hybridized carbons (Fsp3) is 0.389. The van der Waals surface area contributed by atoms with Crippen LogP contribution in [0, 0.1) is 17.6 Å². The van der Waals surface area contributed by atoms with Gasteiger partial charge in [0.2, 0.25) is 0 Å². The van der Waals surface area contributed by atoms with Crippen molar-refractivity contribution in [2.24, 2.45) is 5.92 Å². The molecule has 1 aliphatic rings. The molecule has 1 aromatic heterocycles. The van der Waals surface area contributed by atoms with Crippen molar-refractivity contribution in [2.45, 2.75) is 38.5 Å². The first-order chi connectivity index (χ1) is 10.6. The largest absolute Gasteiger partial charge is 0.234 e. The van der Waals surface area contributed by atoms with Crippen LogP contribution in [-0.4, -0.2) is 9.78 Å². The molecule has 2 nitrogen and oxygen atoms in total. The van der Waals surface area contributed by atoms with Crippen LogP contribution in [0.5, 0.6) is 0 Å². The van der Waals surface area contributed by atoms with Crippen molar-refractivity contribution in [3.05, 3.63) is 59.9 Å². The first-order valence-corrected chi connectivity index (χ1v) is 7.73. The van der Waals surface area contributed by atoms with Crippen LogP contribution in [0.15, 0.2) is 37.1 Å². The molecule has 0 amide bonds. The molecule has 1 atom stereocenters. The molecule has 1 saturated carbocycles. The molecule has 0 N–H and O–H groups in total. The van der Waals surface area contributed by atoms with Crippen molar-refractivity contribution in [3.8, 4) is 5.69 Å². The number of rotatable bonds is 6. The van der Waals surface area contributed by atoms with E-state index in [1.165, 1.54) is 17.7 Å². The Morgan fingerprint density at radius 2 is 2.18 bits per heavy atom. The standard InChI is InChI=1S/C18H20F2N2/c1-3-4-12(2)9-14-11-21-22(18(14)13-5-6-13)17-8-7-15(19)10-16(17)20/h3,7-8,10-13H,1,4-6,9H2,2H3. The average Bonchev–Trinajstić information content (AvgIpc) is 3.21. The van der Waals surface area contributed by atoms with Gasteiger partial charge in [-0.1, -0.05) is 13.0 Å². The first-order valence-electron chi connectivity index (χ1n) is 7.73. The zero-order chi connectivity index (χ0) is 15.7. The Morgan fingerprint density at radius 1 is 1.41 bits per heavy atom. The lowest BCUT2D eigenvalue weighted by Gasteiger charge is -2.12. The van der Waals surface area contributed by atoms with Gasteiger partial charge in [0.25, 0.3) is 0 Å². The highest BCUT2D eigenvalue weighted by molar-refractivity contribution is 5.39. The maximum Gasteiger partial charge on any atom is 0.151 e. The third kappa shape index (κ3) is 2.96. The van der Waals surface area contributed by atoms with Gasteiger partial charge in [0, 0.05) is 12.0 Å². The van der Waals surface area contributed by atoms with Crippen molar-refractivity contribution >= 4 is 0 Å². The van der Waals surface area contributed by atoms with Gasteiger partial charge in [-0.05, 0) is 49.3 Å². The lowest BCUT2D eigenvalue weighted by atomic mass is 9.97. The minimum absolute atomic E-state index is 0.325. The summed E-state index contributed by atoms with van der Waals surface area (Å²) in [7, 11) is 0. The quantitative estimate of drug-likeness (QED) is 0.702. The van der Waals surface area contributed by atoms with Gasteiger partial charge in [0.15, 0.2) is 5.82 Å². The molecule has 3 rings (SSSR count). The van der Waals surface area contributed by atoms with Gasteiger partial charge in [0.1, 0.15) is 11.5 Å². The summed E-state index contributed by atoms with van der Waals surface area (Å²) in [6.45, 7) is 5.95. The molecule has 4 heteroatoms. The van der Waals surface area contributed by atoms with Gasteiger partial charge in [-0.15, -0.1) is 6.58 Å². The van der Waals surface area contributed by atoms with Crippen LogP contribution in [0.4, 0.5) is 8.78 Å². The fourth-order valence-electron chi connectivity index (χ4n) is 2.93. The van der Waals surface area contributed by atoms with E-state index in [2.05, 4.69) is 18.6 Å². The molecular weight excluding hydrogens is 282 g/mol. The highest BCUT2D eigenvalue weighted by atomic mass is 19.1. The molecule has 1 heterocycles. The first kappa shape index (κ1) is 14.9. The van der Waals surface area contributed by atoms with E-state index in [4.69, 9.17) is 0 Å². The second-order valence-corrected chi connectivity index (χ2v) is 6.17. The Morgan fingerprint density at radius 3 is 2.82 bits per heavy atom. The number of hydrogen-bond acceptors (Lipinski definition) is 1. The Bertz CT molecular complexity index is 686. The monoisotopic (exact) mass is 302 g/mol. The van der Waals surface area contributed by atoms with Gasteiger partial charge in [-0.25, -0.2) is 13.5 Å². The lowest BCUT2D eigenvalue weighted by Crippen LogP contribution is -2.07. The number of halogens is 2. The summed E-state index contributed by atoms with van der Waals surface area (Å²) in [5.74, 6) is -0.222. The van der Waals surface area contributed by atoms with E-state index in [9.17, 15) is 8.78 Å². The Balaban J connectivity index is 1.98. The third-order valence-electron chi connectivity index (χ3n) is 4.13. The fourth-order valence-corrected chi connectivity index (χ4v) is 2.93. The van der Waals surface area contributed by atoms with E-state index in [0.29, 0.717) is 17.5 Å². The molecule has 1 aromatic carbocycles. The van der Waals surface area contributed by atoms with Gasteiger partial charge in [0.05, 0.1) is 11.9 Å². The minimum atomic E-state index is -0.573. The number of hydrogen-bond donors (Lipinski definition) is 0. The molecular formula is C18H20F2N2. The van der Waals surface area contributed by atoms with Crippen LogP contribution in [0.2, 0.25) is 0 Å². The molecule has 1 aliphatic carbocycles. The van der Waals surface area contributed by atoms with Gasteiger partial charge < -0.3 is 0 Å². The SMILES string of the molecule is C=CCC(C)Cc1cnn(-c2ccc(F)cc2F)c1C1CC1.